The van der Waals surface area contributed by atoms with Gasteiger partial charge in [0, 0.05) is 5.39 Å². The Morgan fingerprint density at radius 1 is 1.27 bits per heavy atom. The molecule has 0 unspecified atom stereocenters. The number of hydrogen-bond donors (Lipinski definition) is 4. The van der Waals surface area contributed by atoms with Crippen molar-refractivity contribution in [2.45, 2.75) is 13.8 Å². The predicted molar refractivity (Wildman–Crippen MR) is 85.5 cm³/mol. The van der Waals surface area contributed by atoms with Gasteiger partial charge in [0.05, 0.1) is 31.7 Å². The van der Waals surface area contributed by atoms with E-state index < -0.39 is 11.5 Å². The summed E-state index contributed by atoms with van der Waals surface area (Å²) in [6, 6.07) is 6.84. The minimum atomic E-state index is -0.580. The van der Waals surface area contributed by atoms with Crippen LogP contribution < -0.4 is 15.8 Å². The number of pyridine rings is 1. The first-order valence-electron chi connectivity index (χ1n) is 7.54. The number of para-hydroxylation sites is 1. The summed E-state index contributed by atoms with van der Waals surface area (Å²) in [6.07, 6.45) is 0. The third-order valence-corrected chi connectivity index (χ3v) is 3.89. The zero-order chi connectivity index (χ0) is 16.1. The maximum Gasteiger partial charge on any atom is 0.265 e. The van der Waals surface area contributed by atoms with Gasteiger partial charge in [-0.2, -0.15) is 0 Å². The van der Waals surface area contributed by atoms with Crippen LogP contribution >= 0.6 is 0 Å². The lowest BCUT2D eigenvalue weighted by atomic mass is 10.1. The number of nitrogens with one attached hydrogen (secondary N) is 3. The molecule has 0 aliphatic carbocycles. The van der Waals surface area contributed by atoms with Crippen LogP contribution in [0.4, 0.5) is 0 Å². The third kappa shape index (κ3) is 3.28. The number of carbonyl (C=O) groups excluding carboxylic acids is 1. The molecule has 0 aliphatic rings. The SMILES string of the molecule is CC[NH+](CC)CCNC(=O)c1c(O)c2ccccc2[nH]c1=O. The second kappa shape index (κ2) is 7.09. The van der Waals surface area contributed by atoms with Gasteiger partial charge in [-0.25, -0.2) is 0 Å². The van der Waals surface area contributed by atoms with Crippen LogP contribution in [0, 0.1) is 0 Å². The van der Waals surface area contributed by atoms with Gasteiger partial charge in [-0.1, -0.05) is 12.1 Å². The summed E-state index contributed by atoms with van der Waals surface area (Å²) in [5.74, 6) is -0.817. The standard InChI is InChI=1S/C16H21N3O3/c1-3-19(4-2)10-9-17-15(21)13-14(20)11-7-5-6-8-12(11)18-16(13)22/h5-8H,3-4,9-10H2,1-2H3,(H,17,21)(H2,18,20,22)/p+1. The summed E-state index contributed by atoms with van der Waals surface area (Å²) < 4.78 is 0. The Balaban J connectivity index is 2.20. The van der Waals surface area contributed by atoms with Crippen molar-refractivity contribution in [3.8, 4) is 5.75 Å². The average Bonchev–Trinajstić information content (AvgIpc) is 2.51. The zero-order valence-corrected chi connectivity index (χ0v) is 12.9. The van der Waals surface area contributed by atoms with Gasteiger partial charge in [0.1, 0.15) is 11.3 Å². The maximum absolute atomic E-state index is 12.2. The molecule has 0 saturated heterocycles. The summed E-state index contributed by atoms with van der Waals surface area (Å²) in [4.78, 5) is 28.2. The topological polar surface area (TPSA) is 86.6 Å². The molecule has 0 fully saturated rings. The fraction of sp³-hybridized carbons (Fsp3) is 0.375. The van der Waals surface area contributed by atoms with Crippen LogP contribution in [0.1, 0.15) is 24.2 Å². The Hall–Kier alpha value is -2.34. The van der Waals surface area contributed by atoms with Crippen LogP contribution in [0.3, 0.4) is 0 Å². The Morgan fingerprint density at radius 2 is 1.95 bits per heavy atom. The molecule has 0 saturated carbocycles. The Morgan fingerprint density at radius 3 is 2.64 bits per heavy atom. The van der Waals surface area contributed by atoms with Crippen LogP contribution in [-0.4, -0.2) is 42.2 Å². The average molecular weight is 304 g/mol. The Labute approximate surface area is 128 Å². The van der Waals surface area contributed by atoms with Crippen molar-refractivity contribution >= 4 is 16.8 Å². The molecule has 1 amide bonds. The molecule has 2 rings (SSSR count). The highest BCUT2D eigenvalue weighted by Crippen LogP contribution is 2.24. The van der Waals surface area contributed by atoms with E-state index >= 15 is 0 Å². The van der Waals surface area contributed by atoms with Gasteiger partial charge in [-0.3, -0.25) is 9.59 Å². The first kappa shape index (κ1) is 16.0. The van der Waals surface area contributed by atoms with Crippen LogP contribution in [-0.2, 0) is 0 Å². The van der Waals surface area contributed by atoms with Crippen molar-refractivity contribution in [1.29, 1.82) is 0 Å². The number of rotatable bonds is 6. The molecule has 0 aliphatic heterocycles. The van der Waals surface area contributed by atoms with Crippen molar-refractivity contribution in [3.63, 3.8) is 0 Å². The third-order valence-electron chi connectivity index (χ3n) is 3.89. The molecule has 6 nitrogen and oxygen atoms in total. The quantitative estimate of drug-likeness (QED) is 0.600. The van der Waals surface area contributed by atoms with Crippen LogP contribution in [0.15, 0.2) is 29.1 Å². The molecule has 4 N–H and O–H groups in total. The molecule has 118 valence electrons. The van der Waals surface area contributed by atoms with Crippen molar-refractivity contribution in [2.24, 2.45) is 0 Å². The molecule has 2 aromatic rings. The summed E-state index contributed by atoms with van der Waals surface area (Å²) in [7, 11) is 0. The predicted octanol–water partition coefficient (Wildman–Crippen LogP) is -0.112. The van der Waals surface area contributed by atoms with Crippen molar-refractivity contribution < 1.29 is 14.8 Å². The number of fused-ring (bicyclic) bond motifs is 1. The number of aromatic nitrogens is 1. The summed E-state index contributed by atoms with van der Waals surface area (Å²) in [5.41, 5.74) is -0.300. The number of H-pyrrole nitrogens is 1. The smallest absolute Gasteiger partial charge is 0.265 e. The van der Waals surface area contributed by atoms with Gasteiger partial charge >= 0.3 is 0 Å². The van der Waals surface area contributed by atoms with E-state index in [0.717, 1.165) is 19.6 Å². The summed E-state index contributed by atoms with van der Waals surface area (Å²) >= 11 is 0. The van der Waals surface area contributed by atoms with E-state index in [0.29, 0.717) is 17.4 Å². The Kier molecular flexibility index (Phi) is 5.16. The van der Waals surface area contributed by atoms with E-state index in [2.05, 4.69) is 24.1 Å². The van der Waals surface area contributed by atoms with Gasteiger partial charge in [-0.15, -0.1) is 0 Å². The van der Waals surface area contributed by atoms with Gasteiger partial charge in [0.15, 0.2) is 0 Å². The number of likely N-dealkylation sites (N-methyl/N-ethyl adjacent to an activating group) is 1. The van der Waals surface area contributed by atoms with Gasteiger partial charge in [0.2, 0.25) is 0 Å². The first-order valence-corrected chi connectivity index (χ1v) is 7.54. The molecule has 6 heteroatoms. The number of aromatic amines is 1. The Bertz CT molecular complexity index is 720. The minimum Gasteiger partial charge on any atom is -0.506 e. The largest absolute Gasteiger partial charge is 0.506 e. The van der Waals surface area contributed by atoms with Crippen LogP contribution in [0.25, 0.3) is 10.9 Å². The van der Waals surface area contributed by atoms with E-state index in [-0.39, 0.29) is 11.3 Å². The lowest BCUT2D eigenvalue weighted by Crippen LogP contribution is -3.12. The zero-order valence-electron chi connectivity index (χ0n) is 12.9. The van der Waals surface area contributed by atoms with Crippen molar-refractivity contribution in [3.05, 3.63) is 40.2 Å². The molecule has 0 atom stereocenters. The number of amides is 1. The molecule has 0 spiro atoms. The lowest BCUT2D eigenvalue weighted by Gasteiger charge is -2.15. The molecule has 1 aromatic carbocycles. The normalized spacial score (nSPS) is 11.0. The number of aromatic hydroxyl groups is 1. The van der Waals surface area contributed by atoms with E-state index in [4.69, 9.17) is 0 Å². The van der Waals surface area contributed by atoms with E-state index in [9.17, 15) is 14.7 Å². The number of hydrogen-bond acceptors (Lipinski definition) is 3. The highest BCUT2D eigenvalue weighted by Gasteiger charge is 2.18. The van der Waals surface area contributed by atoms with E-state index in [1.165, 1.54) is 4.90 Å². The molecule has 22 heavy (non-hydrogen) atoms. The fourth-order valence-corrected chi connectivity index (χ4v) is 2.48. The summed E-state index contributed by atoms with van der Waals surface area (Å²) in [5, 5.41) is 13.4. The molecule has 0 radical (unpaired) electrons. The molecule has 0 bridgehead atoms. The monoisotopic (exact) mass is 304 g/mol. The van der Waals surface area contributed by atoms with Gasteiger partial charge in [-0.05, 0) is 26.0 Å². The van der Waals surface area contributed by atoms with Gasteiger partial charge in [0.25, 0.3) is 11.5 Å². The van der Waals surface area contributed by atoms with Crippen molar-refractivity contribution in [2.75, 3.05) is 26.2 Å². The molecular formula is C16H22N3O3+. The van der Waals surface area contributed by atoms with Crippen molar-refractivity contribution in [1.82, 2.24) is 10.3 Å². The van der Waals surface area contributed by atoms with Crippen LogP contribution in [0.5, 0.6) is 5.75 Å². The fourth-order valence-electron chi connectivity index (χ4n) is 2.48. The summed E-state index contributed by atoms with van der Waals surface area (Å²) in [6.45, 7) is 7.37. The molecule has 1 heterocycles. The highest BCUT2D eigenvalue weighted by atomic mass is 16.3. The van der Waals surface area contributed by atoms with Crippen LogP contribution in [0.2, 0.25) is 0 Å². The second-order valence-electron chi connectivity index (χ2n) is 5.19. The van der Waals surface area contributed by atoms with E-state index in [1.54, 1.807) is 24.3 Å². The van der Waals surface area contributed by atoms with Gasteiger partial charge < -0.3 is 20.3 Å². The maximum atomic E-state index is 12.2. The van der Waals surface area contributed by atoms with E-state index in [1.807, 2.05) is 0 Å². The molecular weight excluding hydrogens is 282 g/mol. The number of benzene rings is 1. The highest BCUT2D eigenvalue weighted by molar-refractivity contribution is 6.01. The second-order valence-corrected chi connectivity index (χ2v) is 5.19. The molecule has 1 aromatic heterocycles. The first-order chi connectivity index (χ1) is 10.6. The minimum absolute atomic E-state index is 0.228. The number of quaternary nitrogens is 1. The number of carbonyl (C=O) groups is 1. The lowest BCUT2D eigenvalue weighted by molar-refractivity contribution is -0.895.